The minimum Gasteiger partial charge on any atom is -0.104 e. The van der Waals surface area contributed by atoms with Gasteiger partial charge in [-0.15, -0.1) is 19.7 Å². The van der Waals surface area contributed by atoms with Crippen LogP contribution in [0.1, 0.15) is 107 Å². The van der Waals surface area contributed by atoms with Crippen LogP contribution in [-0.4, -0.2) is 24.2 Å². The maximum atomic E-state index is 4.81. The minimum atomic E-state index is -1.58. The Morgan fingerprint density at radius 2 is 1.32 bits per heavy atom. The monoisotopic (exact) mass is 518 g/mol. The lowest BCUT2D eigenvalue weighted by atomic mass is 10.2. The van der Waals surface area contributed by atoms with Gasteiger partial charge in [-0.25, -0.2) is 0 Å². The maximum Gasteiger partial charge on any atom is 0.0882 e. The molecule has 0 aromatic heterocycles. The van der Waals surface area contributed by atoms with Gasteiger partial charge in [0.05, 0.1) is 24.2 Å². The molecule has 1 rings (SSSR count). The first-order valence-corrected chi connectivity index (χ1v) is 22.7. The summed E-state index contributed by atoms with van der Waals surface area (Å²) in [7, 11) is -4.32. The molecular weight excluding hydrogens is 457 g/mol. The standard InChI is InChI=1S/C31H62Si3/c1-14-33(15-2,24-18-19-28(9)32(12,13)31-20-16-17-21-31)29(10)22-23-30(11)34(25(3)4,26(5)6)27(7)8/h26-27,30-31H,3,9-10,14-24H2,1-2,4-8,11-13H3. The normalized spacial score (nSPS) is 16.9. The highest BCUT2D eigenvalue weighted by Crippen LogP contribution is 2.49. The lowest BCUT2D eigenvalue weighted by Crippen LogP contribution is -2.47. The van der Waals surface area contributed by atoms with E-state index in [1.54, 1.807) is 10.4 Å². The summed E-state index contributed by atoms with van der Waals surface area (Å²) in [5.41, 5.74) is 3.28. The molecule has 0 nitrogen and oxygen atoms in total. The molecule has 1 atom stereocenters. The van der Waals surface area contributed by atoms with Gasteiger partial charge >= 0.3 is 0 Å². The second-order valence-electron chi connectivity index (χ2n) is 13.2. The van der Waals surface area contributed by atoms with E-state index in [1.165, 1.54) is 74.7 Å². The molecule has 0 saturated heterocycles. The highest BCUT2D eigenvalue weighted by molar-refractivity contribution is 6.90. The van der Waals surface area contributed by atoms with Crippen molar-refractivity contribution in [2.24, 2.45) is 0 Å². The van der Waals surface area contributed by atoms with Crippen LogP contribution in [0.15, 0.2) is 35.3 Å². The molecule has 1 fully saturated rings. The molecule has 34 heavy (non-hydrogen) atoms. The van der Waals surface area contributed by atoms with Crippen molar-refractivity contribution in [1.29, 1.82) is 0 Å². The van der Waals surface area contributed by atoms with Crippen LogP contribution in [-0.2, 0) is 0 Å². The Morgan fingerprint density at radius 3 is 1.74 bits per heavy atom. The predicted molar refractivity (Wildman–Crippen MR) is 168 cm³/mol. The number of rotatable bonds is 16. The molecule has 198 valence electrons. The molecule has 3 heteroatoms. The highest BCUT2D eigenvalue weighted by atomic mass is 28.3. The summed E-state index contributed by atoms with van der Waals surface area (Å²) in [4.78, 5) is 0. The summed E-state index contributed by atoms with van der Waals surface area (Å²) in [6, 6.07) is 4.16. The van der Waals surface area contributed by atoms with Crippen molar-refractivity contribution >= 4 is 24.2 Å². The Hall–Kier alpha value is -0.129. The van der Waals surface area contributed by atoms with Crippen LogP contribution < -0.4 is 0 Å². The molecule has 0 aromatic rings. The van der Waals surface area contributed by atoms with Crippen LogP contribution in [0, 0.1) is 0 Å². The second kappa shape index (κ2) is 13.4. The lowest BCUT2D eigenvalue weighted by molar-refractivity contribution is 0.719. The zero-order valence-corrected chi connectivity index (χ0v) is 28.2. The Labute approximate surface area is 219 Å². The molecule has 1 unspecified atom stereocenters. The number of hydrogen-bond donors (Lipinski definition) is 0. The SMILES string of the molecule is C=C(CCC(C)[Si](C(=C)C)(C(C)C)C(C)C)[Si](CC)(CC)CCCC(=C)[Si](C)(C)C1CCCC1. The molecule has 0 radical (unpaired) electrons. The number of hydrogen-bond acceptors (Lipinski definition) is 0. The summed E-state index contributed by atoms with van der Waals surface area (Å²) in [5, 5.41) is 4.83. The third-order valence-electron chi connectivity index (χ3n) is 10.9. The van der Waals surface area contributed by atoms with Crippen LogP contribution in [0.25, 0.3) is 0 Å². The smallest absolute Gasteiger partial charge is 0.0882 e. The summed E-state index contributed by atoms with van der Waals surface area (Å²) in [5.74, 6) is 0. The van der Waals surface area contributed by atoms with E-state index in [-0.39, 0.29) is 0 Å². The third-order valence-corrected chi connectivity index (χ3v) is 28.5. The molecule has 0 spiro atoms. The topological polar surface area (TPSA) is 0 Å². The molecule has 0 heterocycles. The molecule has 0 bridgehead atoms. The van der Waals surface area contributed by atoms with Crippen molar-refractivity contribution in [3.05, 3.63) is 35.3 Å². The van der Waals surface area contributed by atoms with E-state index < -0.39 is 24.2 Å². The van der Waals surface area contributed by atoms with Gasteiger partial charge < -0.3 is 0 Å². The zero-order chi connectivity index (χ0) is 26.3. The van der Waals surface area contributed by atoms with Crippen molar-refractivity contribution in [2.45, 2.75) is 160 Å². The van der Waals surface area contributed by atoms with E-state index in [4.69, 9.17) is 6.58 Å². The Morgan fingerprint density at radius 1 is 0.824 bits per heavy atom. The molecule has 0 aliphatic heterocycles. The Kier molecular flexibility index (Phi) is 12.6. The summed E-state index contributed by atoms with van der Waals surface area (Å²) in [6.07, 6.45) is 11.1. The maximum absolute atomic E-state index is 4.81. The first-order chi connectivity index (χ1) is 15.7. The van der Waals surface area contributed by atoms with Crippen LogP contribution in [0.4, 0.5) is 0 Å². The van der Waals surface area contributed by atoms with Gasteiger partial charge in [0.15, 0.2) is 0 Å². The van der Waals surface area contributed by atoms with E-state index in [0.29, 0.717) is 0 Å². The minimum absolute atomic E-state index is 0.756. The fourth-order valence-corrected chi connectivity index (χ4v) is 22.7. The van der Waals surface area contributed by atoms with Gasteiger partial charge in [0.1, 0.15) is 0 Å². The van der Waals surface area contributed by atoms with E-state index in [0.717, 1.165) is 22.2 Å². The molecule has 1 aliphatic carbocycles. The van der Waals surface area contributed by atoms with Crippen LogP contribution in [0.3, 0.4) is 0 Å². The average Bonchev–Trinajstić information content (AvgIpc) is 3.30. The summed E-state index contributed by atoms with van der Waals surface area (Å²) < 4.78 is 0. The van der Waals surface area contributed by atoms with Gasteiger partial charge in [-0.05, 0) is 48.4 Å². The van der Waals surface area contributed by atoms with Gasteiger partial charge in [-0.1, -0.05) is 127 Å². The first kappa shape index (κ1) is 31.9. The highest BCUT2D eigenvalue weighted by Gasteiger charge is 2.45. The Balaban J connectivity index is 2.83. The fraction of sp³-hybridized carbons (Fsp3) is 0.806. The van der Waals surface area contributed by atoms with Crippen molar-refractivity contribution in [3.8, 4) is 0 Å². The second-order valence-corrected chi connectivity index (χ2v) is 29.4. The van der Waals surface area contributed by atoms with Gasteiger partial charge in [0.2, 0.25) is 0 Å². The molecule has 1 aliphatic rings. The predicted octanol–water partition coefficient (Wildman–Crippen LogP) is 11.7. The lowest BCUT2D eigenvalue weighted by Gasteiger charge is -2.46. The van der Waals surface area contributed by atoms with Gasteiger partial charge in [0, 0.05) is 0 Å². The summed E-state index contributed by atoms with van der Waals surface area (Å²) in [6.45, 7) is 38.9. The summed E-state index contributed by atoms with van der Waals surface area (Å²) >= 11 is 0. The Bertz CT molecular complexity index is 667. The molecule has 0 amide bonds. The molecule has 1 saturated carbocycles. The van der Waals surface area contributed by atoms with E-state index in [2.05, 4.69) is 81.6 Å². The van der Waals surface area contributed by atoms with Gasteiger partial charge in [-0.2, -0.15) is 0 Å². The van der Waals surface area contributed by atoms with E-state index in [1.807, 2.05) is 0 Å². The molecule has 0 N–H and O–H groups in total. The van der Waals surface area contributed by atoms with E-state index >= 15 is 0 Å². The molecular formula is C31H62Si3. The quantitative estimate of drug-likeness (QED) is 0.178. The average molecular weight is 519 g/mol. The zero-order valence-electron chi connectivity index (χ0n) is 25.2. The van der Waals surface area contributed by atoms with Crippen LogP contribution >= 0.6 is 0 Å². The van der Waals surface area contributed by atoms with Crippen LogP contribution in [0.2, 0.25) is 53.4 Å². The van der Waals surface area contributed by atoms with Crippen molar-refractivity contribution in [2.75, 3.05) is 0 Å². The van der Waals surface area contributed by atoms with Crippen molar-refractivity contribution < 1.29 is 0 Å². The van der Waals surface area contributed by atoms with Gasteiger partial charge in [-0.3, -0.25) is 0 Å². The number of allylic oxidation sites excluding steroid dienone is 3. The fourth-order valence-electron chi connectivity index (χ4n) is 8.28. The van der Waals surface area contributed by atoms with E-state index in [9.17, 15) is 0 Å². The first-order valence-electron chi connectivity index (χ1n) is 14.8. The van der Waals surface area contributed by atoms with Crippen molar-refractivity contribution in [3.63, 3.8) is 0 Å². The van der Waals surface area contributed by atoms with Crippen LogP contribution in [0.5, 0.6) is 0 Å². The third kappa shape index (κ3) is 6.79. The largest absolute Gasteiger partial charge is 0.104 e. The van der Waals surface area contributed by atoms with Gasteiger partial charge in [0.25, 0.3) is 0 Å². The van der Waals surface area contributed by atoms with Crippen molar-refractivity contribution in [1.82, 2.24) is 0 Å². The molecule has 0 aromatic carbocycles.